The van der Waals surface area contributed by atoms with Crippen molar-refractivity contribution in [2.24, 2.45) is 22.6 Å². The molecule has 112 valence electrons. The molecule has 1 rings (SSSR count). The molecule has 4 heteroatoms. The first-order valence-corrected chi connectivity index (χ1v) is 7.84. The summed E-state index contributed by atoms with van der Waals surface area (Å²) in [5, 5.41) is 3.17. The van der Waals surface area contributed by atoms with E-state index < -0.39 is 0 Å². The minimum atomic E-state index is 0.604. The molecule has 0 aromatic rings. The average molecular weight is 268 g/mol. The van der Waals surface area contributed by atoms with Crippen molar-refractivity contribution in [2.45, 2.75) is 46.5 Å². The summed E-state index contributed by atoms with van der Waals surface area (Å²) < 4.78 is 0. The van der Waals surface area contributed by atoms with Gasteiger partial charge in [0.1, 0.15) is 0 Å². The van der Waals surface area contributed by atoms with E-state index >= 15 is 0 Å². The van der Waals surface area contributed by atoms with Gasteiger partial charge in [-0.15, -0.1) is 0 Å². The highest BCUT2D eigenvalue weighted by molar-refractivity contribution is 5.77. The van der Waals surface area contributed by atoms with Crippen LogP contribution in [0, 0.1) is 11.8 Å². The number of aliphatic imine (C=N–C) groups is 1. The van der Waals surface area contributed by atoms with Gasteiger partial charge in [0.2, 0.25) is 0 Å². The highest BCUT2D eigenvalue weighted by Crippen LogP contribution is 2.15. The first-order chi connectivity index (χ1) is 9.08. The van der Waals surface area contributed by atoms with Gasteiger partial charge in [-0.25, -0.2) is 0 Å². The standard InChI is InChI=1S/C15H32N4/c1-13(2)7-9-18-15(16)17-8-5-11-19-10-4-6-14(3)12-19/h13-14H,4-12H2,1-3H3,(H3,16,17,18). The Balaban J connectivity index is 2.05. The van der Waals surface area contributed by atoms with E-state index in [2.05, 4.69) is 36.0 Å². The fourth-order valence-corrected chi connectivity index (χ4v) is 2.53. The third-order valence-electron chi connectivity index (χ3n) is 3.68. The van der Waals surface area contributed by atoms with Gasteiger partial charge in [0, 0.05) is 19.6 Å². The number of nitrogens with one attached hydrogen (secondary N) is 1. The van der Waals surface area contributed by atoms with E-state index in [9.17, 15) is 0 Å². The number of nitrogens with two attached hydrogens (primary N) is 1. The molecule has 1 saturated heterocycles. The molecule has 0 amide bonds. The summed E-state index contributed by atoms with van der Waals surface area (Å²) in [5.41, 5.74) is 5.83. The lowest BCUT2D eigenvalue weighted by Crippen LogP contribution is -2.35. The van der Waals surface area contributed by atoms with Gasteiger partial charge in [-0.1, -0.05) is 20.8 Å². The van der Waals surface area contributed by atoms with E-state index in [1.54, 1.807) is 0 Å². The van der Waals surface area contributed by atoms with Gasteiger partial charge < -0.3 is 16.0 Å². The van der Waals surface area contributed by atoms with Crippen molar-refractivity contribution in [3.8, 4) is 0 Å². The third kappa shape index (κ3) is 8.09. The molecular formula is C15H32N4. The second-order valence-corrected chi connectivity index (χ2v) is 6.28. The van der Waals surface area contributed by atoms with E-state index in [1.807, 2.05) is 0 Å². The summed E-state index contributed by atoms with van der Waals surface area (Å²) in [7, 11) is 0. The second-order valence-electron chi connectivity index (χ2n) is 6.28. The van der Waals surface area contributed by atoms with E-state index in [1.165, 1.54) is 25.9 Å². The first kappa shape index (κ1) is 16.3. The smallest absolute Gasteiger partial charge is 0.188 e. The van der Waals surface area contributed by atoms with Crippen molar-refractivity contribution in [1.82, 2.24) is 10.2 Å². The molecule has 1 heterocycles. The van der Waals surface area contributed by atoms with Crippen LogP contribution in [-0.4, -0.2) is 43.6 Å². The zero-order valence-corrected chi connectivity index (χ0v) is 13.0. The van der Waals surface area contributed by atoms with Crippen LogP contribution in [0.25, 0.3) is 0 Å². The molecule has 1 unspecified atom stereocenters. The fourth-order valence-electron chi connectivity index (χ4n) is 2.53. The number of hydrogen-bond donors (Lipinski definition) is 2. The van der Waals surface area contributed by atoms with E-state index in [-0.39, 0.29) is 0 Å². The van der Waals surface area contributed by atoms with Crippen molar-refractivity contribution in [3.05, 3.63) is 0 Å². The Labute approximate surface area is 118 Å². The lowest BCUT2D eigenvalue weighted by Gasteiger charge is -2.30. The summed E-state index contributed by atoms with van der Waals surface area (Å²) in [5.74, 6) is 2.18. The molecule has 0 spiro atoms. The topological polar surface area (TPSA) is 53.6 Å². The Morgan fingerprint density at radius 1 is 1.47 bits per heavy atom. The molecule has 3 N–H and O–H groups in total. The number of piperidine rings is 1. The van der Waals surface area contributed by atoms with Crippen molar-refractivity contribution < 1.29 is 0 Å². The quantitative estimate of drug-likeness (QED) is 0.422. The number of rotatable bonds is 7. The number of hydrogen-bond acceptors (Lipinski definition) is 2. The molecule has 1 aliphatic heterocycles. The summed E-state index contributed by atoms with van der Waals surface area (Å²) in [6.45, 7) is 12.2. The Hall–Kier alpha value is -0.770. The van der Waals surface area contributed by atoms with Crippen molar-refractivity contribution in [1.29, 1.82) is 0 Å². The second kappa shape index (κ2) is 9.18. The van der Waals surface area contributed by atoms with Crippen LogP contribution in [-0.2, 0) is 0 Å². The van der Waals surface area contributed by atoms with Gasteiger partial charge in [-0.2, -0.15) is 0 Å². The number of likely N-dealkylation sites (tertiary alicyclic amines) is 1. The van der Waals surface area contributed by atoms with Crippen molar-refractivity contribution in [2.75, 3.05) is 32.7 Å². The van der Waals surface area contributed by atoms with Gasteiger partial charge in [0.15, 0.2) is 5.96 Å². The molecule has 0 aliphatic carbocycles. The number of guanidine groups is 1. The first-order valence-electron chi connectivity index (χ1n) is 7.84. The minimum absolute atomic E-state index is 0.604. The monoisotopic (exact) mass is 268 g/mol. The van der Waals surface area contributed by atoms with Crippen molar-refractivity contribution in [3.63, 3.8) is 0 Å². The van der Waals surface area contributed by atoms with E-state index in [4.69, 9.17) is 5.73 Å². The maximum atomic E-state index is 5.83. The number of nitrogens with zero attached hydrogens (tertiary/aromatic N) is 2. The largest absolute Gasteiger partial charge is 0.370 e. The molecule has 0 aromatic carbocycles. The molecule has 0 aromatic heterocycles. The maximum absolute atomic E-state index is 5.83. The van der Waals surface area contributed by atoms with Crippen LogP contribution in [0.5, 0.6) is 0 Å². The highest BCUT2D eigenvalue weighted by Gasteiger charge is 2.15. The van der Waals surface area contributed by atoms with Crippen LogP contribution in [0.3, 0.4) is 0 Å². The Bertz CT molecular complexity index is 263. The Morgan fingerprint density at radius 3 is 2.95 bits per heavy atom. The van der Waals surface area contributed by atoms with Gasteiger partial charge in [-0.05, 0) is 50.6 Å². The predicted molar refractivity (Wildman–Crippen MR) is 83.4 cm³/mol. The summed E-state index contributed by atoms with van der Waals surface area (Å²) in [6, 6.07) is 0. The van der Waals surface area contributed by atoms with Gasteiger partial charge in [0.25, 0.3) is 0 Å². The van der Waals surface area contributed by atoms with Crippen LogP contribution in [0.4, 0.5) is 0 Å². The molecular weight excluding hydrogens is 236 g/mol. The molecule has 0 saturated carbocycles. The third-order valence-corrected chi connectivity index (χ3v) is 3.68. The molecule has 19 heavy (non-hydrogen) atoms. The van der Waals surface area contributed by atoms with Crippen LogP contribution in [0.15, 0.2) is 4.99 Å². The Kier molecular flexibility index (Phi) is 7.87. The Morgan fingerprint density at radius 2 is 2.26 bits per heavy atom. The summed E-state index contributed by atoms with van der Waals surface area (Å²) in [6.07, 6.45) is 4.99. The molecule has 0 radical (unpaired) electrons. The predicted octanol–water partition coefficient (Wildman–Crippen LogP) is 2.06. The lowest BCUT2D eigenvalue weighted by atomic mass is 10.0. The van der Waals surface area contributed by atoms with Gasteiger partial charge in [-0.3, -0.25) is 4.99 Å². The average Bonchev–Trinajstić information content (AvgIpc) is 2.34. The SMILES string of the molecule is CC(C)CCNC(N)=NCCCN1CCCC(C)C1. The van der Waals surface area contributed by atoms with Gasteiger partial charge >= 0.3 is 0 Å². The summed E-state index contributed by atoms with van der Waals surface area (Å²) >= 11 is 0. The van der Waals surface area contributed by atoms with Crippen LogP contribution < -0.4 is 11.1 Å². The molecule has 1 atom stereocenters. The summed E-state index contributed by atoms with van der Waals surface area (Å²) in [4.78, 5) is 6.94. The zero-order chi connectivity index (χ0) is 14.1. The van der Waals surface area contributed by atoms with Gasteiger partial charge in [0.05, 0.1) is 0 Å². The zero-order valence-electron chi connectivity index (χ0n) is 13.0. The van der Waals surface area contributed by atoms with Crippen LogP contribution >= 0.6 is 0 Å². The van der Waals surface area contributed by atoms with Crippen molar-refractivity contribution >= 4 is 5.96 Å². The molecule has 1 aliphatic rings. The van der Waals surface area contributed by atoms with E-state index in [0.29, 0.717) is 11.9 Å². The molecule has 4 nitrogen and oxygen atoms in total. The van der Waals surface area contributed by atoms with E-state index in [0.717, 1.165) is 38.4 Å². The molecule has 1 fully saturated rings. The minimum Gasteiger partial charge on any atom is -0.370 e. The van der Waals surface area contributed by atoms with Crippen LogP contribution in [0.2, 0.25) is 0 Å². The fraction of sp³-hybridized carbons (Fsp3) is 0.933. The van der Waals surface area contributed by atoms with Crippen LogP contribution in [0.1, 0.15) is 46.5 Å². The molecule has 0 bridgehead atoms. The maximum Gasteiger partial charge on any atom is 0.188 e. The normalized spacial score (nSPS) is 21.9. The lowest BCUT2D eigenvalue weighted by molar-refractivity contribution is 0.183. The highest BCUT2D eigenvalue weighted by atomic mass is 15.1.